The monoisotopic (exact) mass is 298 g/mol. The molecule has 0 radical (unpaired) electrons. The zero-order valence-electron chi connectivity index (χ0n) is 13.8. The molecular formula is C16H30N2O3. The summed E-state index contributed by atoms with van der Waals surface area (Å²) in [5.41, 5.74) is 0.175. The maximum absolute atomic E-state index is 12.2. The Labute approximate surface area is 128 Å². The number of nitrogens with zero attached hydrogens (tertiary/aromatic N) is 1. The van der Waals surface area contributed by atoms with Gasteiger partial charge in [0, 0.05) is 26.1 Å². The van der Waals surface area contributed by atoms with Gasteiger partial charge in [0.15, 0.2) is 0 Å². The molecule has 0 bridgehead atoms. The molecule has 0 saturated carbocycles. The molecule has 1 atom stereocenters. The fourth-order valence-corrected chi connectivity index (χ4v) is 3.09. The van der Waals surface area contributed by atoms with Crippen molar-refractivity contribution in [2.45, 2.75) is 53.4 Å². The highest BCUT2D eigenvalue weighted by Gasteiger charge is 2.29. The fraction of sp³-hybridized carbons (Fsp3) is 0.875. The summed E-state index contributed by atoms with van der Waals surface area (Å²) in [7, 11) is 0. The molecule has 0 aromatic carbocycles. The number of hydrogen-bond donors (Lipinski definition) is 2. The van der Waals surface area contributed by atoms with Crippen LogP contribution in [0.3, 0.4) is 0 Å². The van der Waals surface area contributed by atoms with Crippen molar-refractivity contribution in [1.82, 2.24) is 10.2 Å². The molecule has 0 aromatic rings. The highest BCUT2D eigenvalue weighted by Crippen LogP contribution is 2.28. The molecule has 1 heterocycles. The SMILES string of the molecule is CC(C)C[C@H](CNC(=O)N1CCCC(C)(C)C1)CC(=O)O. The zero-order valence-corrected chi connectivity index (χ0v) is 13.8. The largest absolute Gasteiger partial charge is 0.481 e. The Balaban J connectivity index is 2.46. The number of carboxylic acids is 1. The first kappa shape index (κ1) is 17.8. The Kier molecular flexibility index (Phi) is 6.49. The minimum absolute atomic E-state index is 0.00394. The van der Waals surface area contributed by atoms with Gasteiger partial charge in [-0.3, -0.25) is 4.79 Å². The number of urea groups is 1. The number of carbonyl (C=O) groups is 2. The van der Waals surface area contributed by atoms with Gasteiger partial charge in [0.2, 0.25) is 0 Å². The molecule has 0 aromatic heterocycles. The van der Waals surface area contributed by atoms with Crippen molar-refractivity contribution in [3.05, 3.63) is 0 Å². The van der Waals surface area contributed by atoms with E-state index in [9.17, 15) is 9.59 Å². The number of rotatable bonds is 6. The second kappa shape index (κ2) is 7.66. The molecule has 21 heavy (non-hydrogen) atoms. The van der Waals surface area contributed by atoms with Crippen LogP contribution in [0.15, 0.2) is 0 Å². The summed E-state index contributed by atoms with van der Waals surface area (Å²) in [6.45, 7) is 10.5. The summed E-state index contributed by atoms with van der Waals surface area (Å²) in [4.78, 5) is 25.0. The summed E-state index contributed by atoms with van der Waals surface area (Å²) >= 11 is 0. The van der Waals surface area contributed by atoms with Gasteiger partial charge in [-0.15, -0.1) is 0 Å². The number of amides is 2. The van der Waals surface area contributed by atoms with Crippen LogP contribution in [0, 0.1) is 17.3 Å². The van der Waals surface area contributed by atoms with E-state index in [-0.39, 0.29) is 23.8 Å². The van der Waals surface area contributed by atoms with E-state index >= 15 is 0 Å². The molecule has 0 aliphatic carbocycles. The summed E-state index contributed by atoms with van der Waals surface area (Å²) < 4.78 is 0. The average molecular weight is 298 g/mol. The molecular weight excluding hydrogens is 268 g/mol. The van der Waals surface area contributed by atoms with Crippen molar-refractivity contribution in [2.75, 3.05) is 19.6 Å². The number of hydrogen-bond acceptors (Lipinski definition) is 2. The Morgan fingerprint density at radius 3 is 2.52 bits per heavy atom. The predicted molar refractivity (Wildman–Crippen MR) is 83.2 cm³/mol. The van der Waals surface area contributed by atoms with Crippen molar-refractivity contribution in [1.29, 1.82) is 0 Å². The van der Waals surface area contributed by atoms with Crippen molar-refractivity contribution < 1.29 is 14.7 Å². The van der Waals surface area contributed by atoms with E-state index < -0.39 is 5.97 Å². The second-order valence-corrected chi connectivity index (χ2v) is 7.47. The van der Waals surface area contributed by atoms with Crippen LogP contribution in [0.25, 0.3) is 0 Å². The normalized spacial score (nSPS) is 19.4. The highest BCUT2D eigenvalue weighted by atomic mass is 16.4. The maximum Gasteiger partial charge on any atom is 0.317 e. The fourth-order valence-electron chi connectivity index (χ4n) is 3.09. The van der Waals surface area contributed by atoms with Crippen LogP contribution in [0.4, 0.5) is 4.79 Å². The third-order valence-corrected chi connectivity index (χ3v) is 4.00. The molecule has 1 fully saturated rings. The molecule has 0 unspecified atom stereocenters. The third-order valence-electron chi connectivity index (χ3n) is 4.00. The highest BCUT2D eigenvalue weighted by molar-refractivity contribution is 5.74. The molecule has 1 saturated heterocycles. The molecule has 1 aliphatic rings. The standard InChI is InChI=1S/C16H30N2O3/c1-12(2)8-13(9-14(19)20)10-17-15(21)18-7-5-6-16(3,4)11-18/h12-13H,5-11H2,1-4H3,(H,17,21)(H,19,20)/t13-/m0/s1. The number of aliphatic carboxylic acids is 1. The van der Waals surface area contributed by atoms with Gasteiger partial charge in [-0.25, -0.2) is 4.79 Å². The van der Waals surface area contributed by atoms with Gasteiger partial charge in [0.05, 0.1) is 0 Å². The molecule has 5 nitrogen and oxygen atoms in total. The predicted octanol–water partition coefficient (Wildman–Crippen LogP) is 2.96. The molecule has 5 heteroatoms. The van der Waals surface area contributed by atoms with Crippen LogP contribution in [0.5, 0.6) is 0 Å². The second-order valence-electron chi connectivity index (χ2n) is 7.47. The van der Waals surface area contributed by atoms with Crippen molar-refractivity contribution in [3.8, 4) is 0 Å². The zero-order chi connectivity index (χ0) is 16.0. The molecule has 122 valence electrons. The van der Waals surface area contributed by atoms with Crippen LogP contribution >= 0.6 is 0 Å². The molecule has 1 rings (SSSR count). The van der Waals surface area contributed by atoms with Gasteiger partial charge < -0.3 is 15.3 Å². The van der Waals surface area contributed by atoms with Crippen LogP contribution in [0.2, 0.25) is 0 Å². The van der Waals surface area contributed by atoms with Gasteiger partial charge in [0.25, 0.3) is 0 Å². The quantitative estimate of drug-likeness (QED) is 0.792. The van der Waals surface area contributed by atoms with E-state index in [1.54, 1.807) is 0 Å². The number of carbonyl (C=O) groups excluding carboxylic acids is 1. The van der Waals surface area contributed by atoms with Crippen molar-refractivity contribution >= 4 is 12.0 Å². The Hall–Kier alpha value is -1.26. The first-order valence-electron chi connectivity index (χ1n) is 7.94. The molecule has 2 N–H and O–H groups in total. The maximum atomic E-state index is 12.2. The van der Waals surface area contributed by atoms with Gasteiger partial charge in [-0.05, 0) is 36.5 Å². The number of carboxylic acid groups (broad SMARTS) is 1. The average Bonchev–Trinajstić information content (AvgIpc) is 2.33. The molecule has 2 amide bonds. The lowest BCUT2D eigenvalue weighted by Crippen LogP contribution is -2.49. The van der Waals surface area contributed by atoms with Gasteiger partial charge in [-0.1, -0.05) is 27.7 Å². The topological polar surface area (TPSA) is 69.6 Å². The molecule has 1 aliphatic heterocycles. The summed E-state index contributed by atoms with van der Waals surface area (Å²) in [5, 5.41) is 11.9. The van der Waals surface area contributed by atoms with Gasteiger partial charge in [0.1, 0.15) is 0 Å². The van der Waals surface area contributed by atoms with E-state index in [0.717, 1.165) is 32.4 Å². The number of likely N-dealkylation sites (tertiary alicyclic amines) is 1. The third kappa shape index (κ3) is 6.82. The van der Waals surface area contributed by atoms with Crippen LogP contribution in [-0.4, -0.2) is 41.6 Å². The van der Waals surface area contributed by atoms with Gasteiger partial charge >= 0.3 is 12.0 Å². The smallest absolute Gasteiger partial charge is 0.317 e. The molecule has 0 spiro atoms. The summed E-state index contributed by atoms with van der Waals surface area (Å²) in [6, 6.07) is -0.0538. The first-order valence-corrected chi connectivity index (χ1v) is 7.94. The number of nitrogens with one attached hydrogen (secondary N) is 1. The van der Waals surface area contributed by atoms with Gasteiger partial charge in [-0.2, -0.15) is 0 Å². The van der Waals surface area contributed by atoms with Crippen LogP contribution in [-0.2, 0) is 4.79 Å². The Morgan fingerprint density at radius 1 is 1.33 bits per heavy atom. The van der Waals surface area contributed by atoms with E-state index in [2.05, 4.69) is 33.0 Å². The van der Waals surface area contributed by atoms with Crippen molar-refractivity contribution in [3.63, 3.8) is 0 Å². The van der Waals surface area contributed by atoms with Crippen LogP contribution in [0.1, 0.15) is 53.4 Å². The minimum Gasteiger partial charge on any atom is -0.481 e. The lowest BCUT2D eigenvalue weighted by atomic mass is 9.84. The van der Waals surface area contributed by atoms with E-state index in [1.807, 2.05) is 4.90 Å². The van der Waals surface area contributed by atoms with Crippen molar-refractivity contribution in [2.24, 2.45) is 17.3 Å². The Bertz CT molecular complexity index is 367. The minimum atomic E-state index is -0.797. The van der Waals surface area contributed by atoms with E-state index in [0.29, 0.717) is 12.5 Å². The number of piperidine rings is 1. The van der Waals surface area contributed by atoms with Crippen LogP contribution < -0.4 is 5.32 Å². The Morgan fingerprint density at radius 2 is 2.00 bits per heavy atom. The lowest BCUT2D eigenvalue weighted by molar-refractivity contribution is -0.138. The van der Waals surface area contributed by atoms with E-state index in [1.165, 1.54) is 0 Å². The first-order chi connectivity index (χ1) is 9.69. The summed E-state index contributed by atoms with van der Waals surface area (Å²) in [6.07, 6.45) is 3.11. The lowest BCUT2D eigenvalue weighted by Gasteiger charge is -2.38. The van der Waals surface area contributed by atoms with E-state index in [4.69, 9.17) is 5.11 Å². The summed E-state index contributed by atoms with van der Waals surface area (Å²) in [5.74, 6) is -0.363.